The molecular weight excluding hydrogens is 597 g/mol. The summed E-state index contributed by atoms with van der Waals surface area (Å²) in [6, 6.07) is 4.74. The number of halogens is 3. The Morgan fingerprint density at radius 1 is 1.11 bits per heavy atom. The fourth-order valence-electron chi connectivity index (χ4n) is 6.45. The van der Waals surface area contributed by atoms with Crippen molar-refractivity contribution in [2.24, 2.45) is 0 Å². The highest BCUT2D eigenvalue weighted by Crippen LogP contribution is 2.37. The standard InChI is InChI=1S/C34H33F3N6O3/c1-7-26(44)41-14-19(5)43(20(6)15-41)33-22-13-25(36)30(27-28(37)24(35)12-21-9-11-46-31(21)27)39-32(22)42(34(45)40-33)16-23-18(4)8-10-38-29(23)17(2)3/h7-13,17,19-20H,1,14-16H2,2-6H3/t19-,20-/m0/s1. The summed E-state index contributed by atoms with van der Waals surface area (Å²) in [5, 5.41) is 0.424. The summed E-state index contributed by atoms with van der Waals surface area (Å²) in [5.74, 6) is -3.50. The van der Waals surface area contributed by atoms with Gasteiger partial charge < -0.3 is 14.2 Å². The van der Waals surface area contributed by atoms with Gasteiger partial charge in [0.2, 0.25) is 5.91 Å². The first-order chi connectivity index (χ1) is 21.9. The molecule has 0 aliphatic carbocycles. The third-order valence-corrected chi connectivity index (χ3v) is 8.59. The number of benzene rings is 1. The predicted molar refractivity (Wildman–Crippen MR) is 169 cm³/mol. The predicted octanol–water partition coefficient (Wildman–Crippen LogP) is 6.11. The smallest absolute Gasteiger partial charge is 0.351 e. The van der Waals surface area contributed by atoms with Crippen LogP contribution in [0.5, 0.6) is 0 Å². The lowest BCUT2D eigenvalue weighted by atomic mass is 9.99. The van der Waals surface area contributed by atoms with E-state index in [4.69, 9.17) is 4.42 Å². The molecule has 0 saturated carbocycles. The van der Waals surface area contributed by atoms with E-state index in [1.807, 2.05) is 45.6 Å². The number of aryl methyl sites for hydroxylation is 1. The van der Waals surface area contributed by atoms with E-state index >= 15 is 8.78 Å². The number of carbonyl (C=O) groups excluding carboxylic acids is 1. The molecule has 1 amide bonds. The number of anilines is 1. The summed E-state index contributed by atoms with van der Waals surface area (Å²) in [6.45, 7) is 13.8. The maximum atomic E-state index is 16.2. The molecule has 9 nitrogen and oxygen atoms in total. The van der Waals surface area contributed by atoms with Crippen molar-refractivity contribution in [2.45, 2.75) is 59.2 Å². The number of pyridine rings is 2. The number of carbonyl (C=O) groups is 1. The maximum Gasteiger partial charge on any atom is 0.351 e. The zero-order chi connectivity index (χ0) is 33.0. The molecule has 0 unspecified atom stereocenters. The summed E-state index contributed by atoms with van der Waals surface area (Å²) in [4.78, 5) is 43.5. The molecule has 1 aromatic carbocycles. The van der Waals surface area contributed by atoms with Gasteiger partial charge in [-0.05, 0) is 68.2 Å². The number of amides is 1. The number of aromatic nitrogens is 4. The minimum atomic E-state index is -1.33. The Kier molecular flexibility index (Phi) is 7.91. The first-order valence-corrected chi connectivity index (χ1v) is 15.0. The van der Waals surface area contributed by atoms with Crippen molar-refractivity contribution in [3.05, 3.63) is 94.1 Å². The minimum absolute atomic E-state index is 0.00237. The molecule has 5 aromatic rings. The van der Waals surface area contributed by atoms with E-state index in [9.17, 15) is 14.0 Å². The van der Waals surface area contributed by atoms with Gasteiger partial charge >= 0.3 is 5.69 Å². The van der Waals surface area contributed by atoms with Gasteiger partial charge in [-0.2, -0.15) is 4.98 Å². The Morgan fingerprint density at radius 3 is 2.50 bits per heavy atom. The number of fused-ring (bicyclic) bond motifs is 2. The van der Waals surface area contributed by atoms with Crippen molar-refractivity contribution in [1.29, 1.82) is 0 Å². The lowest BCUT2D eigenvalue weighted by Crippen LogP contribution is -2.58. The van der Waals surface area contributed by atoms with Crippen molar-refractivity contribution in [2.75, 3.05) is 18.0 Å². The SMILES string of the molecule is C=CC(=O)N1C[C@H](C)N(c2nc(=O)n(Cc3c(C)ccnc3C(C)C)c3nc(-c4c(F)c(F)cc5ccoc45)c(F)cc23)[C@@H](C)C1. The molecule has 46 heavy (non-hydrogen) atoms. The quantitative estimate of drug-likeness (QED) is 0.209. The van der Waals surface area contributed by atoms with E-state index in [1.54, 1.807) is 11.1 Å². The van der Waals surface area contributed by atoms with Gasteiger partial charge in [-0.25, -0.2) is 22.9 Å². The molecule has 5 heterocycles. The largest absolute Gasteiger partial charge is 0.464 e. The molecule has 6 rings (SSSR count). The highest BCUT2D eigenvalue weighted by Gasteiger charge is 2.34. The fraction of sp³-hybridized carbons (Fsp3) is 0.324. The van der Waals surface area contributed by atoms with Crippen LogP contribution in [0, 0.1) is 24.4 Å². The monoisotopic (exact) mass is 630 g/mol. The molecule has 1 aliphatic heterocycles. The second kappa shape index (κ2) is 11.7. The lowest BCUT2D eigenvalue weighted by molar-refractivity contribution is -0.127. The molecular formula is C34H33F3N6O3. The van der Waals surface area contributed by atoms with Gasteiger partial charge in [0.1, 0.15) is 22.7 Å². The Labute approximate surface area is 263 Å². The van der Waals surface area contributed by atoms with Crippen LogP contribution in [0.4, 0.5) is 19.0 Å². The summed E-state index contributed by atoms with van der Waals surface area (Å²) in [5.41, 5.74) is 0.693. The van der Waals surface area contributed by atoms with Crippen LogP contribution in [0.2, 0.25) is 0 Å². The minimum Gasteiger partial charge on any atom is -0.464 e. The van der Waals surface area contributed by atoms with Gasteiger partial charge in [0, 0.05) is 42.5 Å². The van der Waals surface area contributed by atoms with Crippen molar-refractivity contribution in [3.63, 3.8) is 0 Å². The lowest BCUT2D eigenvalue weighted by Gasteiger charge is -2.45. The van der Waals surface area contributed by atoms with Crippen LogP contribution in [-0.4, -0.2) is 55.5 Å². The summed E-state index contributed by atoms with van der Waals surface area (Å²) < 4.78 is 53.1. The maximum absolute atomic E-state index is 16.2. The topological polar surface area (TPSA) is 97.4 Å². The van der Waals surface area contributed by atoms with Gasteiger partial charge in [-0.15, -0.1) is 0 Å². The molecule has 0 bridgehead atoms. The van der Waals surface area contributed by atoms with Gasteiger partial charge in [0.25, 0.3) is 0 Å². The van der Waals surface area contributed by atoms with E-state index < -0.39 is 34.4 Å². The van der Waals surface area contributed by atoms with Gasteiger partial charge in [0.05, 0.1) is 23.8 Å². The van der Waals surface area contributed by atoms with E-state index in [-0.39, 0.29) is 58.3 Å². The second-order valence-corrected chi connectivity index (χ2v) is 12.1. The zero-order valence-electron chi connectivity index (χ0n) is 26.1. The summed E-state index contributed by atoms with van der Waals surface area (Å²) in [7, 11) is 0. The average Bonchev–Trinajstić information content (AvgIpc) is 3.47. The molecule has 1 saturated heterocycles. The van der Waals surface area contributed by atoms with Gasteiger partial charge in [-0.3, -0.25) is 14.3 Å². The van der Waals surface area contributed by atoms with Crippen molar-refractivity contribution >= 4 is 33.7 Å². The Morgan fingerprint density at radius 2 is 1.83 bits per heavy atom. The molecule has 2 atom stereocenters. The molecule has 4 aromatic heterocycles. The summed E-state index contributed by atoms with van der Waals surface area (Å²) >= 11 is 0. The number of hydrogen-bond acceptors (Lipinski definition) is 7. The van der Waals surface area contributed by atoms with Crippen molar-refractivity contribution in [1.82, 2.24) is 24.4 Å². The molecule has 12 heteroatoms. The molecule has 1 fully saturated rings. The molecule has 1 aliphatic rings. The van der Waals surface area contributed by atoms with E-state index in [0.29, 0.717) is 13.1 Å². The fourth-order valence-corrected chi connectivity index (χ4v) is 6.45. The van der Waals surface area contributed by atoms with Crippen LogP contribution in [-0.2, 0) is 11.3 Å². The van der Waals surface area contributed by atoms with E-state index in [2.05, 4.69) is 21.5 Å². The number of rotatable bonds is 6. The van der Waals surface area contributed by atoms with E-state index in [0.717, 1.165) is 29.0 Å². The molecule has 0 N–H and O–H groups in total. The molecule has 0 radical (unpaired) electrons. The van der Waals surface area contributed by atoms with E-state index in [1.165, 1.54) is 23.0 Å². The Hall–Kier alpha value is -5.00. The Bertz CT molecular complexity index is 2080. The number of furan rings is 1. The highest BCUT2D eigenvalue weighted by molar-refractivity contribution is 5.95. The number of piperazine rings is 1. The number of nitrogens with zero attached hydrogens (tertiary/aromatic N) is 6. The third-order valence-electron chi connectivity index (χ3n) is 8.59. The van der Waals surface area contributed by atoms with Crippen LogP contribution in [0.25, 0.3) is 33.3 Å². The molecule has 238 valence electrons. The van der Waals surface area contributed by atoms with Crippen LogP contribution in [0.3, 0.4) is 0 Å². The van der Waals surface area contributed by atoms with Crippen LogP contribution < -0.4 is 10.6 Å². The first kappa shape index (κ1) is 31.0. The van der Waals surface area contributed by atoms with Gasteiger partial charge in [-0.1, -0.05) is 20.4 Å². The van der Waals surface area contributed by atoms with Crippen molar-refractivity contribution in [3.8, 4) is 11.3 Å². The highest BCUT2D eigenvalue weighted by atomic mass is 19.2. The van der Waals surface area contributed by atoms with Gasteiger partial charge in [0.15, 0.2) is 17.5 Å². The number of hydrogen-bond donors (Lipinski definition) is 0. The van der Waals surface area contributed by atoms with Crippen LogP contribution in [0.15, 0.2) is 58.6 Å². The third kappa shape index (κ3) is 5.11. The Balaban J connectivity index is 1.63. The second-order valence-electron chi connectivity index (χ2n) is 12.1. The van der Waals surface area contributed by atoms with Crippen LogP contribution >= 0.6 is 0 Å². The zero-order valence-corrected chi connectivity index (χ0v) is 26.1. The normalized spacial score (nSPS) is 17.0. The first-order valence-electron chi connectivity index (χ1n) is 15.0. The summed E-state index contributed by atoms with van der Waals surface area (Å²) in [6.07, 6.45) is 4.20. The molecule has 0 spiro atoms. The van der Waals surface area contributed by atoms with Crippen LogP contribution in [0.1, 0.15) is 50.4 Å². The van der Waals surface area contributed by atoms with Crippen molar-refractivity contribution < 1.29 is 22.4 Å². The average molecular weight is 631 g/mol.